The van der Waals surface area contributed by atoms with Gasteiger partial charge in [0.2, 0.25) is 11.2 Å². The first kappa shape index (κ1) is 16.1. The van der Waals surface area contributed by atoms with Gasteiger partial charge < -0.3 is 14.4 Å². The largest absolute Gasteiger partial charge is 0.477 e. The molecule has 0 aromatic carbocycles. The van der Waals surface area contributed by atoms with Crippen molar-refractivity contribution < 1.29 is 13.9 Å². The summed E-state index contributed by atoms with van der Waals surface area (Å²) in [5.41, 5.74) is 0.0239. The lowest BCUT2D eigenvalue weighted by atomic mass is 10.2. The molecule has 1 saturated heterocycles. The summed E-state index contributed by atoms with van der Waals surface area (Å²) in [6.45, 7) is 3.61. The lowest BCUT2D eigenvalue weighted by molar-refractivity contribution is 0.124. The van der Waals surface area contributed by atoms with Crippen molar-refractivity contribution in [3.05, 3.63) is 16.3 Å². The van der Waals surface area contributed by atoms with Crippen molar-refractivity contribution in [2.75, 3.05) is 24.7 Å². The average molecular weight is 373 g/mol. The molecular weight excluding hydrogens is 358 g/mol. The summed E-state index contributed by atoms with van der Waals surface area (Å²) in [5.74, 6) is 0.0153. The second-order valence-corrected chi connectivity index (χ2v) is 6.45. The predicted molar refractivity (Wildman–Crippen MR) is 88.6 cm³/mol. The van der Waals surface area contributed by atoms with E-state index in [1.807, 2.05) is 6.92 Å². The summed E-state index contributed by atoms with van der Waals surface area (Å²) in [6, 6.07) is 0.204. The summed E-state index contributed by atoms with van der Waals surface area (Å²) in [4.78, 5) is 14.5. The van der Waals surface area contributed by atoms with E-state index in [0.717, 1.165) is 19.4 Å². The molecule has 128 valence electrons. The number of nitrogens with zero attached hydrogens (tertiary/aromatic N) is 4. The van der Waals surface area contributed by atoms with Crippen LogP contribution in [0.1, 0.15) is 19.8 Å². The number of hydrogen-bond acceptors (Lipinski definition) is 6. The van der Waals surface area contributed by atoms with Gasteiger partial charge in [-0.15, -0.1) is 0 Å². The molecule has 2 unspecified atom stereocenters. The maximum absolute atomic E-state index is 14.5. The van der Waals surface area contributed by atoms with Gasteiger partial charge in [-0.3, -0.25) is 0 Å². The van der Waals surface area contributed by atoms with E-state index in [1.165, 1.54) is 0 Å². The van der Waals surface area contributed by atoms with Crippen LogP contribution in [0.5, 0.6) is 5.88 Å². The summed E-state index contributed by atoms with van der Waals surface area (Å²) < 4.78 is 25.8. The maximum atomic E-state index is 14.5. The van der Waals surface area contributed by atoms with Crippen molar-refractivity contribution in [1.29, 1.82) is 0 Å². The minimum atomic E-state index is -0.723. The van der Waals surface area contributed by atoms with E-state index < -0.39 is 5.82 Å². The molecule has 0 N–H and O–H groups in total. The van der Waals surface area contributed by atoms with Crippen molar-refractivity contribution in [3.8, 4) is 5.88 Å². The molecule has 2 aromatic heterocycles. The van der Waals surface area contributed by atoms with E-state index in [4.69, 9.17) is 32.7 Å². The Morgan fingerprint density at radius 1 is 1.33 bits per heavy atom. The Morgan fingerprint density at radius 3 is 2.96 bits per heavy atom. The van der Waals surface area contributed by atoms with E-state index in [-0.39, 0.29) is 34.0 Å². The van der Waals surface area contributed by atoms with Gasteiger partial charge in [-0.05, 0) is 31.4 Å². The van der Waals surface area contributed by atoms with Crippen LogP contribution in [0.3, 0.4) is 0 Å². The van der Waals surface area contributed by atoms with Gasteiger partial charge in [0.25, 0.3) is 0 Å². The highest BCUT2D eigenvalue weighted by Gasteiger charge is 2.45. The fourth-order valence-electron chi connectivity index (χ4n) is 3.08. The number of aromatic nitrogens is 3. The minimum absolute atomic E-state index is 0.0239. The fraction of sp³-hybridized carbons (Fsp3) is 0.533. The highest BCUT2D eigenvalue weighted by atomic mass is 35.5. The summed E-state index contributed by atoms with van der Waals surface area (Å²) in [6.07, 6.45) is 1.94. The summed E-state index contributed by atoms with van der Waals surface area (Å²) in [7, 11) is 0. The second-order valence-electron chi connectivity index (χ2n) is 5.75. The molecule has 0 radical (unpaired) electrons. The third kappa shape index (κ3) is 2.64. The lowest BCUT2D eigenvalue weighted by Crippen LogP contribution is -2.29. The Bertz CT molecular complexity index is 807. The molecule has 1 aliphatic heterocycles. The van der Waals surface area contributed by atoms with Gasteiger partial charge in [-0.1, -0.05) is 11.6 Å². The normalized spacial score (nSPS) is 23.1. The number of anilines is 1. The second kappa shape index (κ2) is 6.13. The van der Waals surface area contributed by atoms with Crippen molar-refractivity contribution in [3.63, 3.8) is 0 Å². The van der Waals surface area contributed by atoms with E-state index in [0.29, 0.717) is 24.4 Å². The topological polar surface area (TPSA) is 60.4 Å². The SMILES string of the molecule is CCOc1nc(Cl)c(F)c2nc(Cl)nc(N3CCCOC4CC43)c12. The monoisotopic (exact) mass is 372 g/mol. The molecule has 0 bridgehead atoms. The molecule has 6 nitrogen and oxygen atoms in total. The third-order valence-electron chi connectivity index (χ3n) is 4.19. The van der Waals surface area contributed by atoms with Crippen LogP contribution in [-0.4, -0.2) is 46.9 Å². The van der Waals surface area contributed by atoms with Crippen LogP contribution in [0.2, 0.25) is 10.4 Å². The molecule has 24 heavy (non-hydrogen) atoms. The van der Waals surface area contributed by atoms with Gasteiger partial charge in [0.05, 0.1) is 18.8 Å². The van der Waals surface area contributed by atoms with Crippen LogP contribution in [0.25, 0.3) is 10.9 Å². The van der Waals surface area contributed by atoms with Gasteiger partial charge in [-0.25, -0.2) is 9.37 Å². The molecule has 0 spiro atoms. The number of fused-ring (bicyclic) bond motifs is 2. The standard InChI is InChI=1S/C15H15Cl2FN4O2/c1-2-23-14-9-11(10(18)12(16)20-14)19-15(17)21-13(9)22-4-3-5-24-8-6-7(8)22/h7-8H,2-6H2,1H3. The number of halogens is 3. The molecule has 1 aliphatic carbocycles. The quantitative estimate of drug-likeness (QED) is 0.608. The number of pyridine rings is 1. The Kier molecular flexibility index (Phi) is 4.10. The van der Waals surface area contributed by atoms with Gasteiger partial charge in [0.15, 0.2) is 11.0 Å². The number of ether oxygens (including phenoxy) is 2. The van der Waals surface area contributed by atoms with Gasteiger partial charge in [-0.2, -0.15) is 9.97 Å². The van der Waals surface area contributed by atoms with Crippen molar-refractivity contribution >= 4 is 39.9 Å². The Labute approximate surface area is 147 Å². The Balaban J connectivity index is 1.95. The first-order valence-corrected chi connectivity index (χ1v) is 8.59. The zero-order chi connectivity index (χ0) is 16.8. The molecule has 2 aromatic rings. The van der Waals surface area contributed by atoms with Crippen LogP contribution >= 0.6 is 23.2 Å². The van der Waals surface area contributed by atoms with Gasteiger partial charge in [0.1, 0.15) is 16.7 Å². The molecular formula is C15H15Cl2FN4O2. The Hall–Kier alpha value is -1.44. The Morgan fingerprint density at radius 2 is 2.17 bits per heavy atom. The van der Waals surface area contributed by atoms with Crippen LogP contribution in [-0.2, 0) is 4.74 Å². The predicted octanol–water partition coefficient (Wildman–Crippen LogP) is 3.24. The first-order chi connectivity index (χ1) is 11.6. The van der Waals surface area contributed by atoms with E-state index in [9.17, 15) is 4.39 Å². The molecule has 2 fully saturated rings. The average Bonchev–Trinajstić information content (AvgIpc) is 3.31. The number of hydrogen-bond donors (Lipinski definition) is 0. The first-order valence-electron chi connectivity index (χ1n) is 7.83. The van der Waals surface area contributed by atoms with Crippen molar-refractivity contribution in [2.45, 2.75) is 31.9 Å². The molecule has 0 amide bonds. The van der Waals surface area contributed by atoms with Gasteiger partial charge >= 0.3 is 0 Å². The summed E-state index contributed by atoms with van der Waals surface area (Å²) in [5, 5.41) is 0.0642. The van der Waals surface area contributed by atoms with Crippen LogP contribution in [0.4, 0.5) is 10.2 Å². The minimum Gasteiger partial charge on any atom is -0.477 e. The molecule has 1 saturated carbocycles. The smallest absolute Gasteiger partial charge is 0.228 e. The zero-order valence-corrected chi connectivity index (χ0v) is 14.4. The molecule has 3 heterocycles. The van der Waals surface area contributed by atoms with Crippen LogP contribution < -0.4 is 9.64 Å². The number of rotatable bonds is 3. The highest BCUT2D eigenvalue weighted by molar-refractivity contribution is 6.31. The summed E-state index contributed by atoms with van der Waals surface area (Å²) >= 11 is 11.9. The molecule has 2 atom stereocenters. The maximum Gasteiger partial charge on any atom is 0.228 e. The van der Waals surface area contributed by atoms with Crippen molar-refractivity contribution in [2.24, 2.45) is 0 Å². The van der Waals surface area contributed by atoms with Gasteiger partial charge in [0, 0.05) is 13.2 Å². The highest BCUT2D eigenvalue weighted by Crippen LogP contribution is 2.42. The van der Waals surface area contributed by atoms with E-state index >= 15 is 0 Å². The third-order valence-corrected chi connectivity index (χ3v) is 4.61. The van der Waals surface area contributed by atoms with E-state index in [2.05, 4.69) is 19.9 Å². The van der Waals surface area contributed by atoms with Crippen LogP contribution in [0.15, 0.2) is 0 Å². The van der Waals surface area contributed by atoms with Crippen LogP contribution in [0, 0.1) is 5.82 Å². The fourth-order valence-corrected chi connectivity index (χ4v) is 3.41. The zero-order valence-electron chi connectivity index (χ0n) is 12.9. The molecule has 9 heteroatoms. The van der Waals surface area contributed by atoms with E-state index in [1.54, 1.807) is 0 Å². The molecule has 4 rings (SSSR count). The lowest BCUT2D eigenvalue weighted by Gasteiger charge is -2.24. The van der Waals surface area contributed by atoms with Crippen molar-refractivity contribution in [1.82, 2.24) is 15.0 Å². The molecule has 2 aliphatic rings.